The molecule has 1 amide bonds. The summed E-state index contributed by atoms with van der Waals surface area (Å²) >= 11 is 26.4. The van der Waals surface area contributed by atoms with E-state index in [1.165, 1.54) is 25.3 Å². The van der Waals surface area contributed by atoms with E-state index >= 15 is 0 Å². The third kappa shape index (κ3) is 6.85. The summed E-state index contributed by atoms with van der Waals surface area (Å²) in [5.41, 5.74) is 0.359. The smallest absolute Gasteiger partial charge is 0.271 e. The van der Waals surface area contributed by atoms with Crippen molar-refractivity contribution < 1.29 is 14.5 Å². The zero-order chi connectivity index (χ0) is 22.5. The van der Waals surface area contributed by atoms with Crippen LogP contribution in [-0.4, -0.2) is 33.0 Å². The highest BCUT2D eigenvalue weighted by Crippen LogP contribution is 2.31. The Morgan fingerprint density at radius 3 is 2.50 bits per heavy atom. The van der Waals surface area contributed by atoms with Crippen molar-refractivity contribution in [2.75, 3.05) is 12.4 Å². The summed E-state index contributed by atoms with van der Waals surface area (Å²) in [6, 6.07) is 10.5. The van der Waals surface area contributed by atoms with Crippen molar-refractivity contribution in [3.8, 4) is 5.75 Å². The molecule has 0 spiro atoms. The average Bonchev–Trinajstić information content (AvgIpc) is 2.66. The largest absolute Gasteiger partial charge is 0.495 e. The minimum atomic E-state index is -1.97. The van der Waals surface area contributed by atoms with Crippen molar-refractivity contribution in [1.82, 2.24) is 10.6 Å². The van der Waals surface area contributed by atoms with Crippen LogP contribution in [0.2, 0.25) is 0 Å². The molecule has 0 aromatic heterocycles. The Kier molecular flexibility index (Phi) is 8.51. The summed E-state index contributed by atoms with van der Waals surface area (Å²) in [6.45, 7) is 0. The van der Waals surface area contributed by atoms with E-state index < -0.39 is 20.8 Å². The van der Waals surface area contributed by atoms with E-state index in [1.807, 2.05) is 0 Å². The van der Waals surface area contributed by atoms with Gasteiger partial charge >= 0.3 is 0 Å². The van der Waals surface area contributed by atoms with Crippen molar-refractivity contribution in [2.24, 2.45) is 0 Å². The van der Waals surface area contributed by atoms with Gasteiger partial charge in [-0.05, 0) is 36.5 Å². The van der Waals surface area contributed by atoms with Gasteiger partial charge in [-0.25, -0.2) is 0 Å². The molecule has 0 aliphatic heterocycles. The second kappa shape index (κ2) is 10.5. The number of carbonyl (C=O) groups is 1. The van der Waals surface area contributed by atoms with Gasteiger partial charge in [0.25, 0.3) is 11.6 Å². The maximum absolute atomic E-state index is 12.5. The van der Waals surface area contributed by atoms with Crippen molar-refractivity contribution >= 4 is 85.3 Å². The molecule has 0 unspecified atom stereocenters. The highest BCUT2D eigenvalue weighted by molar-refractivity contribution is 9.10. The number of non-ortho nitro benzene ring substituents is 1. The molecular weight excluding hydrogens is 543 g/mol. The highest BCUT2D eigenvalue weighted by Gasteiger charge is 2.35. The zero-order valence-corrected chi connectivity index (χ0v) is 19.8. The zero-order valence-electron chi connectivity index (χ0n) is 15.1. The van der Waals surface area contributed by atoms with Gasteiger partial charge < -0.3 is 20.7 Å². The molecule has 0 fully saturated rings. The number of carbonyl (C=O) groups excluding carboxylic acids is 1. The van der Waals surface area contributed by atoms with Gasteiger partial charge in [-0.2, -0.15) is 0 Å². The molecule has 0 aliphatic rings. The van der Waals surface area contributed by atoms with E-state index in [0.717, 1.165) is 0 Å². The summed E-state index contributed by atoms with van der Waals surface area (Å²) in [4.78, 5) is 23.0. The van der Waals surface area contributed by atoms with Gasteiger partial charge in [0.1, 0.15) is 11.9 Å². The molecule has 1 atom stereocenters. The Balaban J connectivity index is 2.17. The molecule has 2 aromatic carbocycles. The van der Waals surface area contributed by atoms with E-state index in [2.05, 4.69) is 31.9 Å². The molecule has 13 heteroatoms. The molecule has 30 heavy (non-hydrogen) atoms. The lowest BCUT2D eigenvalue weighted by atomic mass is 10.2. The van der Waals surface area contributed by atoms with Crippen LogP contribution in [0.1, 0.15) is 10.4 Å². The number of methoxy groups -OCH3 is 1. The molecule has 0 bridgehead atoms. The number of nitro benzene ring substituents is 1. The number of nitrogens with one attached hydrogen (secondary N) is 3. The van der Waals surface area contributed by atoms with Crippen LogP contribution in [-0.2, 0) is 0 Å². The number of anilines is 1. The van der Waals surface area contributed by atoms with Gasteiger partial charge in [0.15, 0.2) is 5.11 Å². The highest BCUT2D eigenvalue weighted by atomic mass is 79.9. The van der Waals surface area contributed by atoms with Gasteiger partial charge in [0.2, 0.25) is 3.79 Å². The molecule has 2 aromatic rings. The molecule has 3 N–H and O–H groups in total. The lowest BCUT2D eigenvalue weighted by Crippen LogP contribution is -2.56. The first-order valence-electron chi connectivity index (χ1n) is 8.04. The lowest BCUT2D eigenvalue weighted by molar-refractivity contribution is -0.384. The van der Waals surface area contributed by atoms with Crippen LogP contribution in [0.15, 0.2) is 46.9 Å². The Hall–Kier alpha value is -1.85. The molecule has 2 rings (SSSR count). The summed E-state index contributed by atoms with van der Waals surface area (Å²) in [6.07, 6.45) is -1.22. The van der Waals surface area contributed by atoms with E-state index in [-0.39, 0.29) is 16.5 Å². The van der Waals surface area contributed by atoms with Crippen LogP contribution in [0.25, 0.3) is 0 Å². The molecule has 160 valence electrons. The van der Waals surface area contributed by atoms with Gasteiger partial charge in [0.05, 0.1) is 17.7 Å². The first kappa shape index (κ1) is 24.4. The monoisotopic (exact) mass is 554 g/mol. The molecular formula is C17H14BrCl3N4O4S. The third-order valence-corrected chi connectivity index (χ3v) is 4.97. The van der Waals surface area contributed by atoms with Gasteiger partial charge in [0, 0.05) is 22.2 Å². The topological polar surface area (TPSA) is 106 Å². The van der Waals surface area contributed by atoms with Crippen LogP contribution in [0.4, 0.5) is 11.4 Å². The summed E-state index contributed by atoms with van der Waals surface area (Å²) in [7, 11) is 1.39. The minimum absolute atomic E-state index is 0.0698. The van der Waals surface area contributed by atoms with Crippen LogP contribution in [0, 0.1) is 10.1 Å². The number of amides is 1. The van der Waals surface area contributed by atoms with Crippen LogP contribution in [0.3, 0.4) is 0 Å². The average molecular weight is 557 g/mol. The number of nitro groups is 1. The fourth-order valence-electron chi connectivity index (χ4n) is 2.24. The molecule has 0 saturated carbocycles. The number of rotatable bonds is 6. The Bertz CT molecular complexity index is 974. The summed E-state index contributed by atoms with van der Waals surface area (Å²) in [5, 5.41) is 18.9. The Morgan fingerprint density at radius 1 is 1.23 bits per heavy atom. The van der Waals surface area contributed by atoms with Crippen molar-refractivity contribution in [3.63, 3.8) is 0 Å². The molecule has 0 aliphatic carbocycles. The van der Waals surface area contributed by atoms with Crippen molar-refractivity contribution in [2.45, 2.75) is 9.96 Å². The first-order valence-corrected chi connectivity index (χ1v) is 10.4. The number of hydrogen-bond donors (Lipinski definition) is 3. The number of benzene rings is 2. The van der Waals surface area contributed by atoms with Crippen molar-refractivity contribution in [1.29, 1.82) is 0 Å². The summed E-state index contributed by atoms with van der Waals surface area (Å²) in [5.74, 6) is -0.218. The predicted octanol–water partition coefficient (Wildman–Crippen LogP) is 4.78. The quantitative estimate of drug-likeness (QED) is 0.155. The fraction of sp³-hybridized carbons (Fsp3) is 0.176. The maximum Gasteiger partial charge on any atom is 0.271 e. The van der Waals surface area contributed by atoms with Crippen LogP contribution < -0.4 is 20.7 Å². The molecule has 0 radical (unpaired) electrons. The number of halogens is 4. The maximum atomic E-state index is 12.5. The summed E-state index contributed by atoms with van der Waals surface area (Å²) < 4.78 is 3.89. The molecule has 8 nitrogen and oxygen atoms in total. The van der Waals surface area contributed by atoms with E-state index in [4.69, 9.17) is 51.8 Å². The standard InChI is InChI=1S/C17H14BrCl3N4O4S/c1-29-13-6-5-11(25(27)28)8-12(13)22-16(30)24-15(17(19,20)21)23-14(26)9-3-2-4-10(18)7-9/h2-8,15H,1H3,(H,23,26)(H2,22,24,30)/t15-/m1/s1. The predicted molar refractivity (Wildman–Crippen MR) is 125 cm³/mol. The van der Waals surface area contributed by atoms with E-state index in [1.54, 1.807) is 24.3 Å². The number of nitrogens with zero attached hydrogens (tertiary/aromatic N) is 1. The Labute approximate surface area is 200 Å². The van der Waals surface area contributed by atoms with Crippen LogP contribution in [0.5, 0.6) is 5.75 Å². The van der Waals surface area contributed by atoms with E-state index in [0.29, 0.717) is 15.8 Å². The second-order valence-corrected chi connectivity index (χ2v) is 9.39. The molecule has 0 saturated heterocycles. The van der Waals surface area contributed by atoms with Gasteiger partial charge in [-0.1, -0.05) is 56.8 Å². The second-order valence-electron chi connectivity index (χ2n) is 5.70. The third-order valence-electron chi connectivity index (χ3n) is 3.61. The number of thiocarbonyl (C=S) groups is 1. The molecule has 0 heterocycles. The first-order chi connectivity index (χ1) is 14.0. The number of ether oxygens (including phenoxy) is 1. The van der Waals surface area contributed by atoms with Crippen molar-refractivity contribution in [3.05, 3.63) is 62.6 Å². The normalized spacial score (nSPS) is 11.9. The van der Waals surface area contributed by atoms with Gasteiger partial charge in [-0.3, -0.25) is 14.9 Å². The van der Waals surface area contributed by atoms with Gasteiger partial charge in [-0.15, -0.1) is 0 Å². The SMILES string of the molecule is COc1ccc([N+](=O)[O-])cc1NC(=S)N[C@@H](NC(=O)c1cccc(Br)c1)C(Cl)(Cl)Cl. The fourth-order valence-corrected chi connectivity index (χ4v) is 3.19. The number of alkyl halides is 3. The van der Waals surface area contributed by atoms with E-state index in [9.17, 15) is 14.9 Å². The Morgan fingerprint density at radius 2 is 1.93 bits per heavy atom. The number of hydrogen-bond acceptors (Lipinski definition) is 5. The minimum Gasteiger partial charge on any atom is -0.495 e. The lowest BCUT2D eigenvalue weighted by Gasteiger charge is -2.28. The van der Waals surface area contributed by atoms with Crippen LogP contribution >= 0.6 is 63.0 Å².